The zero-order chi connectivity index (χ0) is 16.1. The lowest BCUT2D eigenvalue weighted by Crippen LogP contribution is -2.10. The summed E-state index contributed by atoms with van der Waals surface area (Å²) in [4.78, 5) is 24.2. The van der Waals surface area contributed by atoms with Gasteiger partial charge in [0.25, 0.3) is 0 Å². The molecule has 0 heterocycles. The van der Waals surface area contributed by atoms with Crippen molar-refractivity contribution >= 4 is 11.8 Å². The Morgan fingerprint density at radius 2 is 1.77 bits per heavy atom. The molecule has 3 nitrogen and oxygen atoms in total. The number of carbonyl (C=O) groups is 2. The Balaban J connectivity index is 2.49. The van der Waals surface area contributed by atoms with Crippen molar-refractivity contribution in [2.75, 3.05) is 0 Å². The molecule has 2 aromatic rings. The summed E-state index contributed by atoms with van der Waals surface area (Å²) in [5.74, 6) is -0.232. The summed E-state index contributed by atoms with van der Waals surface area (Å²) in [5, 5.41) is 0. The van der Waals surface area contributed by atoms with Crippen LogP contribution in [0.4, 0.5) is 0 Å². The van der Waals surface area contributed by atoms with E-state index in [-0.39, 0.29) is 17.5 Å². The van der Waals surface area contributed by atoms with E-state index in [9.17, 15) is 9.59 Å². The number of esters is 1. The number of ketones is 1. The molecule has 22 heavy (non-hydrogen) atoms. The van der Waals surface area contributed by atoms with Gasteiger partial charge in [-0.05, 0) is 23.6 Å². The van der Waals surface area contributed by atoms with Gasteiger partial charge in [-0.15, -0.1) is 0 Å². The Morgan fingerprint density at radius 3 is 2.36 bits per heavy atom. The summed E-state index contributed by atoms with van der Waals surface area (Å²) in [6.45, 7) is 7.46. The van der Waals surface area contributed by atoms with Crippen molar-refractivity contribution in [3.05, 3.63) is 77.9 Å². The summed E-state index contributed by atoms with van der Waals surface area (Å²) in [5.41, 5.74) is 1.95. The average Bonchev–Trinajstić information content (AvgIpc) is 2.55. The Bertz CT molecular complexity index is 700. The summed E-state index contributed by atoms with van der Waals surface area (Å²) in [6, 6.07) is 14.2. The molecule has 2 rings (SSSR count). The molecule has 0 unspecified atom stereocenters. The van der Waals surface area contributed by atoms with Gasteiger partial charge in [0, 0.05) is 11.6 Å². The molecule has 112 valence electrons. The predicted molar refractivity (Wildman–Crippen MR) is 86.2 cm³/mol. The molecular weight excluding hydrogens is 276 g/mol. The minimum Gasteiger partial charge on any atom is -0.423 e. The van der Waals surface area contributed by atoms with E-state index in [1.165, 1.54) is 0 Å². The van der Waals surface area contributed by atoms with E-state index >= 15 is 0 Å². The van der Waals surface area contributed by atoms with E-state index in [1.54, 1.807) is 36.4 Å². The number of rotatable bonds is 5. The minimum atomic E-state index is -0.584. The molecule has 0 atom stereocenters. The van der Waals surface area contributed by atoms with Crippen molar-refractivity contribution < 1.29 is 14.3 Å². The second-order valence-electron chi connectivity index (χ2n) is 5.23. The molecule has 0 aromatic heterocycles. The minimum absolute atomic E-state index is 0.171. The highest BCUT2D eigenvalue weighted by Gasteiger charge is 2.17. The quantitative estimate of drug-likeness (QED) is 0.360. The second kappa shape index (κ2) is 6.85. The lowest BCUT2D eigenvalue weighted by Gasteiger charge is -2.12. The lowest BCUT2D eigenvalue weighted by atomic mass is 9.96. The van der Waals surface area contributed by atoms with Gasteiger partial charge in [0.15, 0.2) is 5.78 Å². The molecule has 0 amide bonds. The Kier molecular flexibility index (Phi) is 4.89. The van der Waals surface area contributed by atoms with Crippen molar-refractivity contribution in [1.29, 1.82) is 0 Å². The van der Waals surface area contributed by atoms with E-state index in [2.05, 4.69) is 6.58 Å². The summed E-state index contributed by atoms with van der Waals surface area (Å²) >= 11 is 0. The fourth-order valence-electron chi connectivity index (χ4n) is 2.07. The SMILES string of the molecule is C=CC(=O)Oc1ccc(C(C)C)cc1C(=O)c1ccccc1. The maximum Gasteiger partial charge on any atom is 0.335 e. The van der Waals surface area contributed by atoms with Crippen LogP contribution in [0.2, 0.25) is 0 Å². The topological polar surface area (TPSA) is 43.4 Å². The van der Waals surface area contributed by atoms with Crippen LogP contribution in [0, 0.1) is 0 Å². The highest BCUT2D eigenvalue weighted by molar-refractivity contribution is 6.11. The first-order valence-electron chi connectivity index (χ1n) is 7.11. The fraction of sp³-hybridized carbons (Fsp3) is 0.158. The zero-order valence-electron chi connectivity index (χ0n) is 12.7. The Hall–Kier alpha value is -2.68. The van der Waals surface area contributed by atoms with Crippen LogP contribution in [0.25, 0.3) is 0 Å². The summed E-state index contributed by atoms with van der Waals surface area (Å²) in [7, 11) is 0. The fourth-order valence-corrected chi connectivity index (χ4v) is 2.07. The van der Waals surface area contributed by atoms with Gasteiger partial charge in [-0.25, -0.2) is 4.79 Å². The van der Waals surface area contributed by atoms with Crippen LogP contribution in [-0.2, 0) is 4.79 Å². The average molecular weight is 294 g/mol. The van der Waals surface area contributed by atoms with Crippen molar-refractivity contribution in [1.82, 2.24) is 0 Å². The van der Waals surface area contributed by atoms with Gasteiger partial charge in [0.1, 0.15) is 5.75 Å². The number of hydrogen-bond acceptors (Lipinski definition) is 3. The number of ether oxygens (including phenoxy) is 1. The van der Waals surface area contributed by atoms with E-state index in [4.69, 9.17) is 4.74 Å². The molecule has 0 N–H and O–H groups in total. The van der Waals surface area contributed by atoms with Crippen molar-refractivity contribution in [2.45, 2.75) is 19.8 Å². The van der Waals surface area contributed by atoms with Crippen LogP contribution >= 0.6 is 0 Å². The van der Waals surface area contributed by atoms with Crippen LogP contribution in [0.5, 0.6) is 5.75 Å². The van der Waals surface area contributed by atoms with E-state index in [0.717, 1.165) is 11.6 Å². The van der Waals surface area contributed by atoms with Crippen LogP contribution in [0.1, 0.15) is 41.3 Å². The van der Waals surface area contributed by atoms with Gasteiger partial charge in [-0.1, -0.05) is 56.8 Å². The third kappa shape index (κ3) is 3.50. The summed E-state index contributed by atoms with van der Waals surface area (Å²) < 4.78 is 5.19. The Morgan fingerprint density at radius 1 is 1.09 bits per heavy atom. The Labute approximate surface area is 130 Å². The van der Waals surface area contributed by atoms with Crippen molar-refractivity contribution in [2.24, 2.45) is 0 Å². The smallest absolute Gasteiger partial charge is 0.335 e. The number of carbonyl (C=O) groups excluding carboxylic acids is 2. The van der Waals surface area contributed by atoms with Gasteiger partial charge < -0.3 is 4.74 Å². The zero-order valence-corrected chi connectivity index (χ0v) is 12.7. The molecule has 0 aliphatic rings. The highest BCUT2D eigenvalue weighted by atomic mass is 16.5. The first kappa shape index (κ1) is 15.7. The predicted octanol–water partition coefficient (Wildman–Crippen LogP) is 4.13. The number of benzene rings is 2. The monoisotopic (exact) mass is 294 g/mol. The molecule has 0 bridgehead atoms. The molecule has 0 saturated heterocycles. The molecule has 0 saturated carbocycles. The maximum atomic E-state index is 12.7. The van der Waals surface area contributed by atoms with Gasteiger partial charge in [0.2, 0.25) is 0 Å². The van der Waals surface area contributed by atoms with E-state index in [1.807, 2.05) is 26.0 Å². The third-order valence-electron chi connectivity index (χ3n) is 3.33. The molecule has 0 spiro atoms. The first-order chi connectivity index (χ1) is 10.5. The summed E-state index contributed by atoms with van der Waals surface area (Å²) in [6.07, 6.45) is 1.08. The largest absolute Gasteiger partial charge is 0.423 e. The van der Waals surface area contributed by atoms with Gasteiger partial charge in [-0.2, -0.15) is 0 Å². The molecule has 0 radical (unpaired) electrons. The van der Waals surface area contributed by atoms with E-state index < -0.39 is 5.97 Å². The van der Waals surface area contributed by atoms with Crippen LogP contribution in [0.15, 0.2) is 61.2 Å². The maximum absolute atomic E-state index is 12.7. The van der Waals surface area contributed by atoms with Crippen LogP contribution < -0.4 is 4.74 Å². The van der Waals surface area contributed by atoms with Crippen LogP contribution in [0.3, 0.4) is 0 Å². The molecular formula is C19H18O3. The molecule has 3 heteroatoms. The lowest BCUT2D eigenvalue weighted by molar-refractivity contribution is -0.128. The molecule has 2 aromatic carbocycles. The van der Waals surface area contributed by atoms with Crippen molar-refractivity contribution in [3.8, 4) is 5.75 Å². The van der Waals surface area contributed by atoms with Crippen LogP contribution in [-0.4, -0.2) is 11.8 Å². The van der Waals surface area contributed by atoms with E-state index in [0.29, 0.717) is 11.1 Å². The van der Waals surface area contributed by atoms with Crippen molar-refractivity contribution in [3.63, 3.8) is 0 Å². The second-order valence-corrected chi connectivity index (χ2v) is 5.23. The highest BCUT2D eigenvalue weighted by Crippen LogP contribution is 2.27. The number of hydrogen-bond donors (Lipinski definition) is 0. The molecule has 0 aliphatic carbocycles. The molecule has 0 fully saturated rings. The molecule has 0 aliphatic heterocycles. The normalized spacial score (nSPS) is 10.3. The standard InChI is InChI=1S/C19H18O3/c1-4-18(20)22-17-11-10-15(13(2)3)12-16(17)19(21)14-8-6-5-7-9-14/h4-13H,1H2,2-3H3. The van der Waals surface area contributed by atoms with Gasteiger partial charge in [0.05, 0.1) is 5.56 Å². The van der Waals surface area contributed by atoms with Gasteiger partial charge in [-0.3, -0.25) is 4.79 Å². The third-order valence-corrected chi connectivity index (χ3v) is 3.33. The van der Waals surface area contributed by atoms with Gasteiger partial charge >= 0.3 is 5.97 Å². The first-order valence-corrected chi connectivity index (χ1v) is 7.11.